The number of hydrogen-bond acceptors (Lipinski definition) is 5. The Morgan fingerprint density at radius 3 is 2.35 bits per heavy atom. The summed E-state index contributed by atoms with van der Waals surface area (Å²) in [4.78, 5) is 27.2. The second-order valence-electron chi connectivity index (χ2n) is 7.93. The lowest BCUT2D eigenvalue weighted by Crippen LogP contribution is -2.42. The predicted octanol–water partition coefficient (Wildman–Crippen LogP) is 4.89. The monoisotopic (exact) mass is 456 g/mol. The molecule has 0 spiro atoms. The van der Waals surface area contributed by atoms with Crippen LogP contribution >= 0.6 is 24.0 Å². The van der Waals surface area contributed by atoms with E-state index in [1.165, 1.54) is 22.2 Å². The number of rotatable bonds is 8. The number of thioether (sulfide) groups is 1. The van der Waals surface area contributed by atoms with E-state index in [1.807, 2.05) is 26.0 Å². The van der Waals surface area contributed by atoms with Crippen molar-refractivity contribution in [3.05, 3.63) is 59.7 Å². The number of anilines is 1. The van der Waals surface area contributed by atoms with Gasteiger partial charge in [-0.2, -0.15) is 0 Å². The lowest BCUT2D eigenvalue weighted by atomic mass is 9.96. The maximum atomic E-state index is 12.9. The summed E-state index contributed by atoms with van der Waals surface area (Å²) in [5.41, 5.74) is 2.84. The van der Waals surface area contributed by atoms with Gasteiger partial charge in [0.2, 0.25) is 5.91 Å². The van der Waals surface area contributed by atoms with E-state index in [0.717, 1.165) is 17.7 Å². The average molecular weight is 457 g/mol. The Bertz CT molecular complexity index is 942. The smallest absolute Gasteiger partial charge is 0.266 e. The molecule has 2 aromatic carbocycles. The molecule has 0 aliphatic carbocycles. The van der Waals surface area contributed by atoms with Crippen LogP contribution in [0.3, 0.4) is 0 Å². The third-order valence-corrected chi connectivity index (χ3v) is 6.45. The van der Waals surface area contributed by atoms with Gasteiger partial charge in [-0.3, -0.25) is 14.5 Å². The van der Waals surface area contributed by atoms with E-state index in [2.05, 4.69) is 31.3 Å². The standard InChI is InChI=1S/C24H28N2O3S2/c1-5-29-20-12-10-19(11-13-20)26-23(28)22(31-24(26)30)25-21(27)16(4)18-8-6-17(7-9-18)14-15(2)3/h6-13,15-16,22H,5,14H2,1-4H3,(H,25,27). The van der Waals surface area contributed by atoms with Gasteiger partial charge in [0.1, 0.15) is 10.1 Å². The highest BCUT2D eigenvalue weighted by Crippen LogP contribution is 2.32. The number of carbonyl (C=O) groups excluding carboxylic acids is 2. The molecule has 2 unspecified atom stereocenters. The second-order valence-corrected chi connectivity index (χ2v) is 9.67. The maximum Gasteiger partial charge on any atom is 0.266 e. The molecule has 164 valence electrons. The summed E-state index contributed by atoms with van der Waals surface area (Å²) in [6, 6.07) is 15.3. The summed E-state index contributed by atoms with van der Waals surface area (Å²) in [7, 11) is 0. The van der Waals surface area contributed by atoms with Crippen molar-refractivity contribution in [3.8, 4) is 5.75 Å². The van der Waals surface area contributed by atoms with Crippen molar-refractivity contribution in [2.24, 2.45) is 5.92 Å². The van der Waals surface area contributed by atoms with Crippen LogP contribution in [0.15, 0.2) is 48.5 Å². The molecule has 0 bridgehead atoms. The lowest BCUT2D eigenvalue weighted by molar-refractivity contribution is -0.125. The van der Waals surface area contributed by atoms with E-state index in [4.69, 9.17) is 17.0 Å². The number of amides is 2. The van der Waals surface area contributed by atoms with Gasteiger partial charge in [-0.15, -0.1) is 0 Å². The van der Waals surface area contributed by atoms with Crippen molar-refractivity contribution in [3.63, 3.8) is 0 Å². The molecule has 3 rings (SSSR count). The fraction of sp³-hybridized carbons (Fsp3) is 0.375. The molecule has 2 atom stereocenters. The Kier molecular flexibility index (Phi) is 7.73. The third kappa shape index (κ3) is 5.66. The van der Waals surface area contributed by atoms with E-state index in [1.54, 1.807) is 24.3 Å². The van der Waals surface area contributed by atoms with Crippen LogP contribution in [-0.4, -0.2) is 28.1 Å². The molecular formula is C24H28N2O3S2. The zero-order valence-electron chi connectivity index (χ0n) is 18.3. The molecule has 7 heteroatoms. The van der Waals surface area contributed by atoms with Gasteiger partial charge in [0.05, 0.1) is 18.2 Å². The Hall–Kier alpha value is -2.38. The summed E-state index contributed by atoms with van der Waals surface area (Å²) >= 11 is 6.59. The van der Waals surface area contributed by atoms with Gasteiger partial charge in [-0.1, -0.05) is 62.1 Å². The molecule has 0 aromatic heterocycles. The van der Waals surface area contributed by atoms with Crippen molar-refractivity contribution in [1.82, 2.24) is 5.32 Å². The molecule has 2 amide bonds. The second kappa shape index (κ2) is 10.3. The van der Waals surface area contributed by atoms with Crippen LogP contribution in [0.2, 0.25) is 0 Å². The topological polar surface area (TPSA) is 58.6 Å². The molecule has 1 N–H and O–H groups in total. The maximum absolute atomic E-state index is 12.9. The fourth-order valence-corrected chi connectivity index (χ4v) is 4.78. The van der Waals surface area contributed by atoms with Gasteiger partial charge in [-0.25, -0.2) is 0 Å². The molecule has 1 heterocycles. The van der Waals surface area contributed by atoms with Gasteiger partial charge >= 0.3 is 0 Å². The van der Waals surface area contributed by atoms with Gasteiger partial charge in [0.15, 0.2) is 5.37 Å². The van der Waals surface area contributed by atoms with E-state index in [-0.39, 0.29) is 17.7 Å². The van der Waals surface area contributed by atoms with Crippen molar-refractivity contribution in [1.29, 1.82) is 0 Å². The molecule has 0 saturated carbocycles. The number of thiocarbonyl (C=S) groups is 1. The Labute approximate surface area is 193 Å². The van der Waals surface area contributed by atoms with Crippen LogP contribution < -0.4 is 15.0 Å². The minimum absolute atomic E-state index is 0.196. The van der Waals surface area contributed by atoms with Gasteiger partial charge in [0.25, 0.3) is 5.91 Å². The Morgan fingerprint density at radius 1 is 1.13 bits per heavy atom. The first-order valence-corrected chi connectivity index (χ1v) is 11.8. The van der Waals surface area contributed by atoms with Crippen LogP contribution in [0, 0.1) is 5.92 Å². The van der Waals surface area contributed by atoms with E-state index >= 15 is 0 Å². The molecule has 2 aromatic rings. The highest BCUT2D eigenvalue weighted by molar-refractivity contribution is 8.25. The normalized spacial score (nSPS) is 17.2. The van der Waals surface area contributed by atoms with Crippen molar-refractivity contribution in [2.75, 3.05) is 11.5 Å². The molecule has 0 radical (unpaired) electrons. The highest BCUT2D eigenvalue weighted by Gasteiger charge is 2.39. The first-order valence-electron chi connectivity index (χ1n) is 10.5. The Morgan fingerprint density at radius 2 is 1.77 bits per heavy atom. The predicted molar refractivity (Wildman–Crippen MR) is 131 cm³/mol. The number of carbonyl (C=O) groups is 2. The summed E-state index contributed by atoms with van der Waals surface area (Å²) in [6.07, 6.45) is 1.01. The van der Waals surface area contributed by atoms with E-state index in [0.29, 0.717) is 22.5 Å². The van der Waals surface area contributed by atoms with Crippen LogP contribution in [0.25, 0.3) is 0 Å². The molecule has 1 fully saturated rings. The molecule has 1 saturated heterocycles. The largest absolute Gasteiger partial charge is 0.494 e. The van der Waals surface area contributed by atoms with Crippen LogP contribution in [0.4, 0.5) is 5.69 Å². The van der Waals surface area contributed by atoms with Crippen LogP contribution in [-0.2, 0) is 16.0 Å². The van der Waals surface area contributed by atoms with Gasteiger partial charge < -0.3 is 10.1 Å². The summed E-state index contributed by atoms with van der Waals surface area (Å²) in [5.74, 6) is 0.508. The first-order chi connectivity index (χ1) is 14.8. The first kappa shape index (κ1) is 23.3. The van der Waals surface area contributed by atoms with E-state index in [9.17, 15) is 9.59 Å². The molecule has 31 heavy (non-hydrogen) atoms. The van der Waals surface area contributed by atoms with Crippen LogP contribution in [0.5, 0.6) is 5.75 Å². The summed E-state index contributed by atoms with van der Waals surface area (Å²) < 4.78 is 5.87. The van der Waals surface area contributed by atoms with Crippen molar-refractivity contribution >= 4 is 45.8 Å². The minimum atomic E-state index is -0.728. The number of ether oxygens (including phenoxy) is 1. The van der Waals surface area contributed by atoms with Gasteiger partial charge in [-0.05, 0) is 61.6 Å². The highest BCUT2D eigenvalue weighted by atomic mass is 32.2. The van der Waals surface area contributed by atoms with Crippen LogP contribution in [0.1, 0.15) is 44.7 Å². The Balaban J connectivity index is 1.65. The number of nitrogens with zero attached hydrogens (tertiary/aromatic N) is 1. The molecular weight excluding hydrogens is 428 g/mol. The van der Waals surface area contributed by atoms with Crippen molar-refractivity contribution < 1.29 is 14.3 Å². The number of hydrogen-bond donors (Lipinski definition) is 1. The molecule has 1 aliphatic rings. The quantitative estimate of drug-likeness (QED) is 0.573. The summed E-state index contributed by atoms with van der Waals surface area (Å²) in [5, 5.41) is 2.13. The average Bonchev–Trinajstić information content (AvgIpc) is 3.01. The zero-order valence-corrected chi connectivity index (χ0v) is 19.9. The minimum Gasteiger partial charge on any atom is -0.494 e. The summed E-state index contributed by atoms with van der Waals surface area (Å²) in [6.45, 7) is 8.70. The van der Waals surface area contributed by atoms with Crippen molar-refractivity contribution in [2.45, 2.75) is 45.4 Å². The fourth-order valence-electron chi connectivity index (χ4n) is 3.41. The molecule has 1 aliphatic heterocycles. The zero-order chi connectivity index (χ0) is 22.5. The number of nitrogens with one attached hydrogen (secondary N) is 1. The number of benzene rings is 2. The SMILES string of the molecule is CCOc1ccc(N2C(=O)C(NC(=O)C(C)c3ccc(CC(C)C)cc3)SC2=S)cc1. The van der Waals surface area contributed by atoms with E-state index < -0.39 is 5.37 Å². The lowest BCUT2D eigenvalue weighted by Gasteiger charge is -2.18. The van der Waals surface area contributed by atoms with Gasteiger partial charge in [0, 0.05) is 0 Å². The molecule has 5 nitrogen and oxygen atoms in total. The third-order valence-electron chi connectivity index (χ3n) is 5.04.